The summed E-state index contributed by atoms with van der Waals surface area (Å²) in [4.78, 5) is 1.26. The smallest absolute Gasteiger partial charge is 0.0829 e. The van der Waals surface area contributed by atoms with Crippen LogP contribution in [0.4, 0.5) is 0 Å². The number of nitrogens with one attached hydrogen (secondary N) is 1. The van der Waals surface area contributed by atoms with E-state index in [1.165, 1.54) is 22.0 Å². The molecule has 1 aromatic heterocycles. The van der Waals surface area contributed by atoms with Gasteiger partial charge in [0.25, 0.3) is 0 Å². The maximum absolute atomic E-state index is 4.22. The van der Waals surface area contributed by atoms with Crippen LogP contribution in [0.25, 0.3) is 0 Å². The van der Waals surface area contributed by atoms with Gasteiger partial charge >= 0.3 is 0 Å². The van der Waals surface area contributed by atoms with Crippen LogP contribution in [-0.4, -0.2) is 16.6 Å². The third-order valence-electron chi connectivity index (χ3n) is 2.74. The van der Waals surface area contributed by atoms with E-state index in [4.69, 9.17) is 0 Å². The summed E-state index contributed by atoms with van der Waals surface area (Å²) in [5, 5.41) is 7.55. The average molecular weight is 239 g/mol. The van der Waals surface area contributed by atoms with Gasteiger partial charge in [0.05, 0.1) is 10.6 Å². The van der Waals surface area contributed by atoms with Gasteiger partial charge in [-0.2, -0.15) is 0 Å². The van der Waals surface area contributed by atoms with E-state index in [1.54, 1.807) is 0 Å². The fraction of sp³-hybridized carbons (Fsp3) is 0.667. The standard InChI is InChI=1S/C12H21N3S/c1-6-9(4)7-10(13-5)12-11(8(2)3)14-15-16-12/h8,10,13H,4,6-7H2,1-3,5H3. The molecule has 90 valence electrons. The van der Waals surface area contributed by atoms with Crippen molar-refractivity contribution in [1.29, 1.82) is 0 Å². The zero-order valence-electron chi connectivity index (χ0n) is 10.6. The summed E-state index contributed by atoms with van der Waals surface area (Å²) in [6.07, 6.45) is 2.00. The first-order chi connectivity index (χ1) is 7.60. The molecule has 0 aliphatic carbocycles. The second-order valence-corrected chi connectivity index (χ2v) is 5.11. The molecule has 0 radical (unpaired) electrons. The highest BCUT2D eigenvalue weighted by atomic mass is 32.1. The Morgan fingerprint density at radius 1 is 1.50 bits per heavy atom. The minimum Gasteiger partial charge on any atom is -0.312 e. The van der Waals surface area contributed by atoms with Crippen molar-refractivity contribution < 1.29 is 0 Å². The van der Waals surface area contributed by atoms with Crippen molar-refractivity contribution in [1.82, 2.24) is 14.9 Å². The third kappa shape index (κ3) is 3.12. The average Bonchev–Trinajstić information content (AvgIpc) is 2.74. The van der Waals surface area contributed by atoms with E-state index in [0.717, 1.165) is 18.5 Å². The summed E-state index contributed by atoms with van der Waals surface area (Å²) in [7, 11) is 1.98. The first-order valence-electron chi connectivity index (χ1n) is 5.76. The molecular weight excluding hydrogens is 218 g/mol. The Labute approximate surface area is 102 Å². The maximum atomic E-state index is 4.22. The first kappa shape index (κ1) is 13.3. The van der Waals surface area contributed by atoms with Gasteiger partial charge in [-0.25, -0.2) is 0 Å². The normalized spacial score (nSPS) is 13.1. The topological polar surface area (TPSA) is 37.8 Å². The van der Waals surface area contributed by atoms with E-state index in [0.29, 0.717) is 12.0 Å². The fourth-order valence-corrected chi connectivity index (χ4v) is 2.52. The van der Waals surface area contributed by atoms with Gasteiger partial charge < -0.3 is 5.32 Å². The first-order valence-corrected chi connectivity index (χ1v) is 6.53. The molecule has 0 aromatic carbocycles. The van der Waals surface area contributed by atoms with Crippen molar-refractivity contribution in [3.05, 3.63) is 22.7 Å². The van der Waals surface area contributed by atoms with E-state index in [2.05, 4.69) is 42.3 Å². The highest BCUT2D eigenvalue weighted by Crippen LogP contribution is 2.30. The second-order valence-electron chi connectivity index (χ2n) is 4.33. The maximum Gasteiger partial charge on any atom is 0.0829 e. The van der Waals surface area contributed by atoms with Gasteiger partial charge in [0.2, 0.25) is 0 Å². The van der Waals surface area contributed by atoms with Crippen LogP contribution in [0.2, 0.25) is 0 Å². The number of hydrogen-bond acceptors (Lipinski definition) is 4. The van der Waals surface area contributed by atoms with Crippen LogP contribution in [0.5, 0.6) is 0 Å². The predicted molar refractivity (Wildman–Crippen MR) is 69.8 cm³/mol. The lowest BCUT2D eigenvalue weighted by Crippen LogP contribution is -2.17. The van der Waals surface area contributed by atoms with Crippen molar-refractivity contribution >= 4 is 11.5 Å². The summed E-state index contributed by atoms with van der Waals surface area (Å²) in [6, 6.07) is 0.310. The van der Waals surface area contributed by atoms with Gasteiger partial charge in [0, 0.05) is 6.04 Å². The highest BCUT2D eigenvalue weighted by molar-refractivity contribution is 7.05. The molecule has 0 saturated carbocycles. The molecule has 1 atom stereocenters. The van der Waals surface area contributed by atoms with Crippen LogP contribution in [0.3, 0.4) is 0 Å². The van der Waals surface area contributed by atoms with E-state index in [-0.39, 0.29) is 0 Å². The van der Waals surface area contributed by atoms with Gasteiger partial charge in [-0.3, -0.25) is 0 Å². The number of aromatic nitrogens is 2. The van der Waals surface area contributed by atoms with Crippen molar-refractivity contribution in [3.63, 3.8) is 0 Å². The molecule has 1 aromatic rings. The van der Waals surface area contributed by atoms with Crippen LogP contribution in [0.15, 0.2) is 12.2 Å². The Morgan fingerprint density at radius 3 is 2.69 bits per heavy atom. The Balaban J connectivity index is 2.86. The molecule has 1 heterocycles. The van der Waals surface area contributed by atoms with E-state index < -0.39 is 0 Å². The van der Waals surface area contributed by atoms with Crippen LogP contribution in [-0.2, 0) is 0 Å². The van der Waals surface area contributed by atoms with Crippen molar-refractivity contribution in [2.24, 2.45) is 0 Å². The fourth-order valence-electron chi connectivity index (χ4n) is 1.61. The van der Waals surface area contributed by atoms with E-state index in [9.17, 15) is 0 Å². The molecule has 16 heavy (non-hydrogen) atoms. The molecule has 0 saturated heterocycles. The summed E-state index contributed by atoms with van der Waals surface area (Å²) >= 11 is 1.50. The highest BCUT2D eigenvalue weighted by Gasteiger charge is 2.20. The van der Waals surface area contributed by atoms with Crippen molar-refractivity contribution in [3.8, 4) is 0 Å². The summed E-state index contributed by atoms with van der Waals surface area (Å²) in [5.74, 6) is 0.430. The van der Waals surface area contributed by atoms with Crippen molar-refractivity contribution in [2.45, 2.75) is 45.6 Å². The number of nitrogens with zero attached hydrogens (tertiary/aromatic N) is 2. The zero-order valence-corrected chi connectivity index (χ0v) is 11.4. The van der Waals surface area contributed by atoms with Gasteiger partial charge in [-0.15, -0.1) is 5.10 Å². The molecule has 1 rings (SSSR count). The minimum absolute atomic E-state index is 0.310. The van der Waals surface area contributed by atoms with Gasteiger partial charge in [-0.05, 0) is 37.3 Å². The Hall–Kier alpha value is -0.740. The molecule has 3 nitrogen and oxygen atoms in total. The third-order valence-corrected chi connectivity index (χ3v) is 3.60. The second kappa shape index (κ2) is 6.11. The largest absolute Gasteiger partial charge is 0.312 e. The van der Waals surface area contributed by atoms with E-state index >= 15 is 0 Å². The summed E-state index contributed by atoms with van der Waals surface area (Å²) < 4.78 is 4.07. The minimum atomic E-state index is 0.310. The molecule has 0 aliphatic heterocycles. The lowest BCUT2D eigenvalue weighted by atomic mass is 10.00. The lowest BCUT2D eigenvalue weighted by molar-refractivity contribution is 0.580. The summed E-state index contributed by atoms with van der Waals surface area (Å²) in [6.45, 7) is 10.5. The molecule has 0 aliphatic rings. The SMILES string of the molecule is C=C(CC)CC(NC)c1snnc1C(C)C. The molecule has 0 bridgehead atoms. The van der Waals surface area contributed by atoms with Gasteiger partial charge in [-0.1, -0.05) is 37.4 Å². The van der Waals surface area contributed by atoms with Crippen LogP contribution >= 0.6 is 11.5 Å². The number of hydrogen-bond donors (Lipinski definition) is 1. The monoisotopic (exact) mass is 239 g/mol. The molecule has 1 unspecified atom stereocenters. The van der Waals surface area contributed by atoms with Crippen LogP contribution in [0, 0.1) is 0 Å². The Bertz CT molecular complexity index is 344. The molecule has 1 N–H and O–H groups in total. The molecule has 4 heteroatoms. The summed E-state index contributed by atoms with van der Waals surface area (Å²) in [5.41, 5.74) is 2.38. The van der Waals surface area contributed by atoms with E-state index in [1.807, 2.05) is 7.05 Å². The van der Waals surface area contributed by atoms with Gasteiger partial charge in [0.15, 0.2) is 0 Å². The quantitative estimate of drug-likeness (QED) is 0.774. The predicted octanol–water partition coefficient (Wildman–Crippen LogP) is 3.28. The van der Waals surface area contributed by atoms with Crippen molar-refractivity contribution in [2.75, 3.05) is 7.05 Å². The lowest BCUT2D eigenvalue weighted by Gasteiger charge is -2.17. The van der Waals surface area contributed by atoms with Crippen LogP contribution < -0.4 is 5.32 Å². The molecule has 0 amide bonds. The van der Waals surface area contributed by atoms with Gasteiger partial charge in [0.1, 0.15) is 0 Å². The Morgan fingerprint density at radius 2 is 2.19 bits per heavy atom. The molecule has 0 fully saturated rings. The zero-order chi connectivity index (χ0) is 12.1. The number of rotatable bonds is 6. The molecule has 0 spiro atoms. The Kier molecular flexibility index (Phi) is 5.09. The van der Waals surface area contributed by atoms with Crippen LogP contribution in [0.1, 0.15) is 56.1 Å². The molecular formula is C12H21N3S.